The molecule has 1 aliphatic rings. The number of nitrogens with zero attached hydrogens (tertiary/aromatic N) is 5. The Labute approximate surface area is 248 Å². The van der Waals surface area contributed by atoms with Gasteiger partial charge in [0, 0.05) is 0 Å². The standard InChI is InChI=1S/C24H20F6N5O4P5/c25-40(26)31-41(27,36-21-13-5-1-6-14-21)33-43(29,38-23-17-9-3-10-18-23)35-44(30,39-24-19-11-4-12-20-24)34-42(28,32-40)37-22-15-7-2-8-16-22/h1-20H. The Morgan fingerprint density at radius 2 is 0.545 bits per heavy atom. The van der Waals surface area contributed by atoms with E-state index in [-0.39, 0.29) is 11.5 Å². The zero-order chi connectivity index (χ0) is 31.3. The van der Waals surface area contributed by atoms with Crippen LogP contribution in [-0.2, 0) is 0 Å². The van der Waals surface area contributed by atoms with Gasteiger partial charge in [0.2, 0.25) is 0 Å². The monoisotopic (exact) mass is 711 g/mol. The summed E-state index contributed by atoms with van der Waals surface area (Å²) in [6.07, 6.45) is 0. The third-order valence-electron chi connectivity index (χ3n) is 4.96. The zero-order valence-electron chi connectivity index (χ0n) is 21.9. The van der Waals surface area contributed by atoms with Crippen LogP contribution in [0.4, 0.5) is 25.2 Å². The molecular formula is C24H20F6N5O4P5. The highest BCUT2D eigenvalue weighted by Crippen LogP contribution is 2.81. The number of benzene rings is 4. The summed E-state index contributed by atoms with van der Waals surface area (Å²) in [6, 6.07) is 26.4. The molecule has 44 heavy (non-hydrogen) atoms. The fraction of sp³-hybridized carbons (Fsp3) is 0. The van der Waals surface area contributed by atoms with E-state index in [1.807, 2.05) is 0 Å². The molecule has 4 aromatic rings. The predicted octanol–water partition coefficient (Wildman–Crippen LogP) is 13.9. The van der Waals surface area contributed by atoms with Gasteiger partial charge in [-0.05, 0) is 48.5 Å². The van der Waals surface area contributed by atoms with Crippen molar-refractivity contribution in [2.75, 3.05) is 0 Å². The predicted molar refractivity (Wildman–Crippen MR) is 162 cm³/mol. The van der Waals surface area contributed by atoms with Crippen molar-refractivity contribution in [3.05, 3.63) is 121 Å². The minimum Gasteiger partial charge on any atom is -0.419 e. The Bertz CT molecular complexity index is 1810. The van der Waals surface area contributed by atoms with Crippen LogP contribution in [-0.4, -0.2) is 0 Å². The number of halogens is 6. The van der Waals surface area contributed by atoms with Gasteiger partial charge in [0.05, 0.1) is 0 Å². The summed E-state index contributed by atoms with van der Waals surface area (Å²) < 4.78 is 133. The topological polar surface area (TPSA) is 98.7 Å². The van der Waals surface area contributed by atoms with Crippen LogP contribution >= 0.6 is 38.8 Å². The molecule has 0 bridgehead atoms. The summed E-state index contributed by atoms with van der Waals surface area (Å²) in [5.41, 5.74) is 0. The largest absolute Gasteiger partial charge is 0.443 e. The van der Waals surface area contributed by atoms with Crippen LogP contribution in [0.2, 0.25) is 0 Å². The molecule has 4 atom stereocenters. The fourth-order valence-corrected chi connectivity index (χ4v) is 13.8. The highest BCUT2D eigenvalue weighted by molar-refractivity contribution is 7.78. The first kappa shape index (κ1) is 32.2. The molecular weight excluding hydrogens is 691 g/mol. The van der Waals surface area contributed by atoms with Crippen LogP contribution in [0.25, 0.3) is 0 Å². The molecule has 4 aromatic carbocycles. The lowest BCUT2D eigenvalue weighted by Gasteiger charge is -2.22. The second-order valence-corrected chi connectivity index (χ2v) is 17.4. The average molecular weight is 711 g/mol. The van der Waals surface area contributed by atoms with Crippen molar-refractivity contribution in [1.82, 2.24) is 0 Å². The van der Waals surface area contributed by atoms with Crippen LogP contribution in [0.1, 0.15) is 0 Å². The molecule has 0 radical (unpaired) electrons. The van der Waals surface area contributed by atoms with Gasteiger partial charge in [-0.25, -0.2) is 0 Å². The Balaban J connectivity index is 1.84. The molecule has 0 saturated carbocycles. The minimum atomic E-state index is -6.54. The van der Waals surface area contributed by atoms with Gasteiger partial charge >= 0.3 is 38.8 Å². The highest BCUT2D eigenvalue weighted by Gasteiger charge is 2.44. The molecule has 0 aliphatic carbocycles. The lowest BCUT2D eigenvalue weighted by Crippen LogP contribution is -1.94. The van der Waals surface area contributed by atoms with E-state index in [2.05, 4.69) is 22.6 Å². The maximum Gasteiger partial charge on any atom is 0.443 e. The van der Waals surface area contributed by atoms with Crippen molar-refractivity contribution in [2.24, 2.45) is 22.6 Å². The molecule has 0 amide bonds. The van der Waals surface area contributed by atoms with E-state index in [0.717, 1.165) is 24.3 Å². The summed E-state index contributed by atoms with van der Waals surface area (Å²) in [6.45, 7) is 0. The van der Waals surface area contributed by atoms with Crippen molar-refractivity contribution in [3.63, 3.8) is 0 Å². The summed E-state index contributed by atoms with van der Waals surface area (Å²) in [5.74, 6) is -1.49. The molecule has 0 saturated heterocycles. The summed E-state index contributed by atoms with van der Waals surface area (Å²) >= 11 is 0. The molecule has 9 nitrogen and oxygen atoms in total. The Hall–Kier alpha value is -3.19. The molecule has 232 valence electrons. The van der Waals surface area contributed by atoms with Crippen LogP contribution in [0, 0.1) is 0 Å². The molecule has 5 rings (SSSR count). The Morgan fingerprint density at radius 1 is 0.318 bits per heavy atom. The zero-order valence-corrected chi connectivity index (χ0v) is 26.4. The quantitative estimate of drug-likeness (QED) is 0.134. The number of para-hydroxylation sites is 4. The van der Waals surface area contributed by atoms with Crippen molar-refractivity contribution >= 4 is 38.8 Å². The summed E-state index contributed by atoms with van der Waals surface area (Å²) in [7, 11) is -30.0. The van der Waals surface area contributed by atoms with E-state index in [1.165, 1.54) is 97.1 Å². The first-order chi connectivity index (χ1) is 20.8. The second-order valence-electron chi connectivity index (χ2n) is 8.41. The van der Waals surface area contributed by atoms with Gasteiger partial charge in [-0.1, -0.05) is 72.8 Å². The van der Waals surface area contributed by atoms with Crippen LogP contribution in [0.15, 0.2) is 144 Å². The first-order valence-electron chi connectivity index (χ1n) is 12.2. The fourth-order valence-electron chi connectivity index (χ4n) is 3.37. The highest BCUT2D eigenvalue weighted by atomic mass is 31.3. The maximum absolute atomic E-state index is 16.8. The molecule has 0 aromatic heterocycles. The van der Waals surface area contributed by atoms with Crippen LogP contribution in [0.3, 0.4) is 0 Å². The molecule has 4 unspecified atom stereocenters. The van der Waals surface area contributed by atoms with E-state index < -0.39 is 50.3 Å². The van der Waals surface area contributed by atoms with Crippen molar-refractivity contribution < 1.29 is 43.3 Å². The normalized spacial score (nSPS) is 27.9. The van der Waals surface area contributed by atoms with Gasteiger partial charge in [0.1, 0.15) is 23.0 Å². The van der Waals surface area contributed by atoms with Crippen molar-refractivity contribution in [2.45, 2.75) is 0 Å². The van der Waals surface area contributed by atoms with Gasteiger partial charge in [0.15, 0.2) is 0 Å². The number of rotatable bonds is 8. The van der Waals surface area contributed by atoms with E-state index in [4.69, 9.17) is 18.1 Å². The minimum absolute atomic E-state index is 0.349. The van der Waals surface area contributed by atoms with E-state index in [0.29, 0.717) is 0 Å². The lowest BCUT2D eigenvalue weighted by molar-refractivity contribution is 0.525. The van der Waals surface area contributed by atoms with E-state index in [1.54, 1.807) is 0 Å². The average Bonchev–Trinajstić information content (AvgIpc) is 2.92. The molecule has 0 fully saturated rings. The van der Waals surface area contributed by atoms with E-state index >= 15 is 25.2 Å². The second kappa shape index (κ2) is 13.0. The SMILES string of the molecule is FP1(F)=NP(F)(Oc2ccccc2)=NP(F)(Oc2ccccc2)=NP(F)(Oc2ccccc2)=NP(F)(Oc2ccccc2)=N1. The van der Waals surface area contributed by atoms with Crippen molar-refractivity contribution in [3.8, 4) is 23.0 Å². The third kappa shape index (κ3) is 8.93. The van der Waals surface area contributed by atoms with Crippen LogP contribution < -0.4 is 18.1 Å². The summed E-state index contributed by atoms with van der Waals surface area (Å²) in [4.78, 5) is 0. The molecule has 0 spiro atoms. The summed E-state index contributed by atoms with van der Waals surface area (Å²) in [5, 5.41) is 0. The molecule has 20 heteroatoms. The number of hydrogen-bond acceptors (Lipinski definition) is 9. The first-order valence-corrected chi connectivity index (χ1v) is 19.7. The van der Waals surface area contributed by atoms with Gasteiger partial charge in [-0.15, -0.1) is 47.8 Å². The van der Waals surface area contributed by atoms with Gasteiger partial charge in [-0.2, -0.15) is 0 Å². The van der Waals surface area contributed by atoms with E-state index in [9.17, 15) is 0 Å². The molecule has 0 N–H and O–H groups in total. The van der Waals surface area contributed by atoms with Crippen LogP contribution in [0.5, 0.6) is 23.0 Å². The smallest absolute Gasteiger partial charge is 0.419 e. The third-order valence-corrected chi connectivity index (χ3v) is 15.5. The lowest BCUT2D eigenvalue weighted by atomic mass is 10.3. The van der Waals surface area contributed by atoms with Gasteiger partial charge in [-0.3, -0.25) is 0 Å². The van der Waals surface area contributed by atoms with Crippen molar-refractivity contribution in [1.29, 1.82) is 0 Å². The number of hydrogen-bond donors (Lipinski definition) is 0. The Kier molecular flexibility index (Phi) is 9.55. The van der Waals surface area contributed by atoms with Gasteiger partial charge < -0.3 is 18.1 Å². The van der Waals surface area contributed by atoms with Gasteiger partial charge in [0.25, 0.3) is 0 Å². The Morgan fingerprint density at radius 3 is 0.818 bits per heavy atom. The molecule has 1 heterocycles. The maximum atomic E-state index is 16.8. The molecule has 1 aliphatic heterocycles.